The van der Waals surface area contributed by atoms with Crippen molar-refractivity contribution in [2.45, 2.75) is 90.9 Å². The molecule has 2 nitrogen and oxygen atoms in total. The van der Waals surface area contributed by atoms with Gasteiger partial charge in [0.05, 0.1) is 6.61 Å². The van der Waals surface area contributed by atoms with E-state index in [1.165, 1.54) is 73.6 Å². The van der Waals surface area contributed by atoms with E-state index in [-0.39, 0.29) is 5.92 Å². The number of hydrogen-bond acceptors (Lipinski definition) is 2. The molecule has 0 saturated heterocycles. The standard InChI is InChI=1S/C32H43NO/c1-4-6-8-9-10-12-24-34-31-21-19-30(20-22-31)29-17-15-28(16-18-29)26(3)32-23-14-27(25-33-32)13-11-7-5-2/h14-23,25-26H,4-13,24H2,1-3H3. The molecular weight excluding hydrogens is 414 g/mol. The number of pyridine rings is 1. The molecule has 0 amide bonds. The van der Waals surface area contributed by atoms with E-state index in [4.69, 9.17) is 9.72 Å². The maximum absolute atomic E-state index is 5.93. The lowest BCUT2D eigenvalue weighted by Crippen LogP contribution is -2.00. The van der Waals surface area contributed by atoms with Gasteiger partial charge >= 0.3 is 0 Å². The Morgan fingerprint density at radius 2 is 1.29 bits per heavy atom. The number of rotatable bonds is 15. The number of ether oxygens (including phenoxy) is 1. The molecule has 0 fully saturated rings. The minimum Gasteiger partial charge on any atom is -0.494 e. The van der Waals surface area contributed by atoms with Crippen molar-refractivity contribution >= 4 is 0 Å². The minimum atomic E-state index is 0.288. The highest BCUT2D eigenvalue weighted by atomic mass is 16.5. The van der Waals surface area contributed by atoms with Crippen LogP contribution in [0, 0.1) is 0 Å². The van der Waals surface area contributed by atoms with E-state index < -0.39 is 0 Å². The Morgan fingerprint density at radius 3 is 1.94 bits per heavy atom. The van der Waals surface area contributed by atoms with Crippen molar-refractivity contribution in [3.05, 3.63) is 83.7 Å². The third-order valence-electron chi connectivity index (χ3n) is 6.73. The summed E-state index contributed by atoms with van der Waals surface area (Å²) in [5.74, 6) is 1.25. The quantitative estimate of drug-likeness (QED) is 0.212. The number of aryl methyl sites for hydroxylation is 1. The van der Waals surface area contributed by atoms with Gasteiger partial charge in [-0.25, -0.2) is 0 Å². The zero-order valence-electron chi connectivity index (χ0n) is 21.6. The molecule has 2 heteroatoms. The van der Waals surface area contributed by atoms with Gasteiger partial charge in [-0.3, -0.25) is 4.98 Å². The summed E-state index contributed by atoms with van der Waals surface area (Å²) >= 11 is 0. The van der Waals surface area contributed by atoms with Crippen LogP contribution in [0.15, 0.2) is 66.9 Å². The molecule has 1 unspecified atom stereocenters. The molecule has 0 saturated carbocycles. The van der Waals surface area contributed by atoms with Crippen LogP contribution in [0.3, 0.4) is 0 Å². The summed E-state index contributed by atoms with van der Waals surface area (Å²) in [5.41, 5.74) is 6.24. The van der Waals surface area contributed by atoms with Gasteiger partial charge in [0.25, 0.3) is 0 Å². The van der Waals surface area contributed by atoms with Crippen molar-refractivity contribution in [1.82, 2.24) is 4.98 Å². The first kappa shape index (κ1) is 26.0. The minimum absolute atomic E-state index is 0.288. The lowest BCUT2D eigenvalue weighted by atomic mass is 9.94. The predicted octanol–water partition coefficient (Wildman–Crippen LogP) is 9.37. The summed E-state index contributed by atoms with van der Waals surface area (Å²) in [6.07, 6.45) is 14.7. The van der Waals surface area contributed by atoms with Crippen LogP contribution in [-0.4, -0.2) is 11.6 Å². The molecule has 0 aliphatic heterocycles. The zero-order valence-corrected chi connectivity index (χ0v) is 21.6. The first-order chi connectivity index (χ1) is 16.7. The van der Waals surface area contributed by atoms with Gasteiger partial charge in [-0.05, 0) is 59.7 Å². The molecule has 1 heterocycles. The van der Waals surface area contributed by atoms with Crippen LogP contribution in [0.25, 0.3) is 11.1 Å². The number of unbranched alkanes of at least 4 members (excludes halogenated alkanes) is 7. The molecule has 182 valence electrons. The maximum atomic E-state index is 5.93. The van der Waals surface area contributed by atoms with Gasteiger partial charge in [0.2, 0.25) is 0 Å². The van der Waals surface area contributed by atoms with Crippen molar-refractivity contribution in [1.29, 1.82) is 0 Å². The average molecular weight is 458 g/mol. The van der Waals surface area contributed by atoms with Crippen molar-refractivity contribution < 1.29 is 4.74 Å². The summed E-state index contributed by atoms with van der Waals surface area (Å²) in [6.45, 7) is 7.56. The van der Waals surface area contributed by atoms with Crippen molar-refractivity contribution in [3.8, 4) is 16.9 Å². The second-order valence-electron chi connectivity index (χ2n) is 9.53. The van der Waals surface area contributed by atoms with Crippen LogP contribution in [0.5, 0.6) is 5.75 Å². The molecule has 0 bridgehead atoms. The van der Waals surface area contributed by atoms with Crippen molar-refractivity contribution in [3.63, 3.8) is 0 Å². The number of nitrogens with zero attached hydrogens (tertiary/aromatic N) is 1. The molecule has 0 spiro atoms. The molecule has 0 aliphatic rings. The zero-order chi connectivity index (χ0) is 24.0. The van der Waals surface area contributed by atoms with E-state index in [2.05, 4.69) is 87.6 Å². The molecule has 0 N–H and O–H groups in total. The lowest BCUT2D eigenvalue weighted by molar-refractivity contribution is 0.304. The Balaban J connectivity index is 1.49. The second-order valence-corrected chi connectivity index (χ2v) is 9.53. The average Bonchev–Trinajstić information content (AvgIpc) is 2.89. The van der Waals surface area contributed by atoms with Crippen molar-refractivity contribution in [2.75, 3.05) is 6.61 Å². The van der Waals surface area contributed by atoms with Gasteiger partial charge in [-0.15, -0.1) is 0 Å². The second kappa shape index (κ2) is 14.6. The predicted molar refractivity (Wildman–Crippen MR) is 146 cm³/mol. The fraction of sp³-hybridized carbons (Fsp3) is 0.469. The van der Waals surface area contributed by atoms with E-state index >= 15 is 0 Å². The highest BCUT2D eigenvalue weighted by molar-refractivity contribution is 5.64. The van der Waals surface area contributed by atoms with E-state index in [1.807, 2.05) is 0 Å². The molecule has 1 aromatic heterocycles. The molecule has 0 radical (unpaired) electrons. The third-order valence-corrected chi connectivity index (χ3v) is 6.73. The normalized spacial score (nSPS) is 12.0. The summed E-state index contributed by atoms with van der Waals surface area (Å²) in [7, 11) is 0. The number of hydrogen-bond donors (Lipinski definition) is 0. The first-order valence-electron chi connectivity index (χ1n) is 13.5. The van der Waals surface area contributed by atoms with E-state index in [0.29, 0.717) is 0 Å². The topological polar surface area (TPSA) is 22.1 Å². The van der Waals surface area contributed by atoms with Crippen LogP contribution in [0.2, 0.25) is 0 Å². The highest BCUT2D eigenvalue weighted by Crippen LogP contribution is 2.27. The third kappa shape index (κ3) is 8.31. The van der Waals surface area contributed by atoms with E-state index in [1.54, 1.807) is 0 Å². The molecule has 0 aliphatic carbocycles. The molecule has 1 atom stereocenters. The fourth-order valence-corrected chi connectivity index (χ4v) is 4.37. The maximum Gasteiger partial charge on any atom is 0.119 e. The number of aromatic nitrogens is 1. The Bertz CT molecular complexity index is 928. The lowest BCUT2D eigenvalue weighted by Gasteiger charge is -2.13. The Morgan fingerprint density at radius 1 is 0.676 bits per heavy atom. The van der Waals surface area contributed by atoms with Crippen LogP contribution >= 0.6 is 0 Å². The summed E-state index contributed by atoms with van der Waals surface area (Å²) < 4.78 is 5.93. The van der Waals surface area contributed by atoms with Gasteiger partial charge in [-0.1, -0.05) is 108 Å². The van der Waals surface area contributed by atoms with Crippen LogP contribution in [-0.2, 0) is 6.42 Å². The van der Waals surface area contributed by atoms with Gasteiger partial charge in [0, 0.05) is 17.8 Å². The van der Waals surface area contributed by atoms with Crippen molar-refractivity contribution in [2.24, 2.45) is 0 Å². The number of benzene rings is 2. The first-order valence-corrected chi connectivity index (χ1v) is 13.5. The summed E-state index contributed by atoms with van der Waals surface area (Å²) in [5, 5.41) is 0. The van der Waals surface area contributed by atoms with Crippen LogP contribution in [0.1, 0.15) is 101 Å². The van der Waals surface area contributed by atoms with Gasteiger partial charge in [0.1, 0.15) is 5.75 Å². The van der Waals surface area contributed by atoms with Crippen LogP contribution < -0.4 is 4.74 Å². The molecular formula is C32H43NO. The molecule has 3 rings (SSSR count). The molecule has 34 heavy (non-hydrogen) atoms. The van der Waals surface area contributed by atoms with Gasteiger partial charge in [0.15, 0.2) is 0 Å². The SMILES string of the molecule is CCCCCCCCOc1ccc(-c2ccc(C(C)c3ccc(CCCCC)cn3)cc2)cc1. The van der Waals surface area contributed by atoms with E-state index in [9.17, 15) is 0 Å². The monoisotopic (exact) mass is 457 g/mol. The highest BCUT2D eigenvalue weighted by Gasteiger charge is 2.10. The van der Waals surface area contributed by atoms with Gasteiger partial charge < -0.3 is 4.74 Å². The Kier molecular flexibility index (Phi) is 11.2. The van der Waals surface area contributed by atoms with Crippen LogP contribution in [0.4, 0.5) is 0 Å². The van der Waals surface area contributed by atoms with Gasteiger partial charge in [-0.2, -0.15) is 0 Å². The fourth-order valence-electron chi connectivity index (χ4n) is 4.37. The molecule has 2 aromatic carbocycles. The Hall–Kier alpha value is -2.61. The largest absolute Gasteiger partial charge is 0.494 e. The smallest absolute Gasteiger partial charge is 0.119 e. The Labute approximate surface area is 207 Å². The molecule has 3 aromatic rings. The summed E-state index contributed by atoms with van der Waals surface area (Å²) in [6, 6.07) is 21.9. The summed E-state index contributed by atoms with van der Waals surface area (Å²) in [4.78, 5) is 4.76. The van der Waals surface area contributed by atoms with E-state index in [0.717, 1.165) is 30.9 Å².